The molecule has 0 saturated heterocycles. The third-order valence-corrected chi connectivity index (χ3v) is 5.30. The van der Waals surface area contributed by atoms with Gasteiger partial charge in [0.2, 0.25) is 5.95 Å². The van der Waals surface area contributed by atoms with Crippen LogP contribution >= 0.6 is 0 Å². The molecule has 176 valence electrons. The highest BCUT2D eigenvalue weighted by molar-refractivity contribution is 5.54. The third kappa shape index (κ3) is 6.57. The maximum Gasteiger partial charge on any atom is 0.416 e. The molecule has 0 unspecified atom stereocenters. The van der Waals surface area contributed by atoms with E-state index in [4.69, 9.17) is 0 Å². The molecular weight excluding hydrogens is 433 g/mol. The second kappa shape index (κ2) is 11.0. The first-order valence-corrected chi connectivity index (χ1v) is 11.0. The number of nitrogens with zero attached hydrogens (tertiary/aromatic N) is 3. The monoisotopic (exact) mass is 460 g/mol. The lowest BCUT2D eigenvalue weighted by molar-refractivity contribution is -0.137. The maximum atomic E-state index is 13.2. The molecule has 33 heavy (non-hydrogen) atoms. The number of anilines is 2. The Labute approximate surface area is 189 Å². The first kappa shape index (κ1) is 24.3. The summed E-state index contributed by atoms with van der Waals surface area (Å²) in [5, 5.41) is 2.75. The lowest BCUT2D eigenvalue weighted by atomic mass is 10.1. The SMILES string of the molecule is CCCCCCn1c(=O)nc(Nc2cccc(C(F)(F)F)c2)n(CCc2ccccc2)c1=O. The smallest absolute Gasteiger partial charge is 0.325 e. The van der Waals surface area contributed by atoms with Gasteiger partial charge in [-0.15, -0.1) is 0 Å². The van der Waals surface area contributed by atoms with E-state index in [2.05, 4.69) is 17.2 Å². The fourth-order valence-corrected chi connectivity index (χ4v) is 3.50. The number of halogens is 3. The number of alkyl halides is 3. The van der Waals surface area contributed by atoms with E-state index in [0.717, 1.165) is 41.5 Å². The summed E-state index contributed by atoms with van der Waals surface area (Å²) < 4.78 is 41.7. The second-order valence-electron chi connectivity index (χ2n) is 7.80. The Morgan fingerprint density at radius 2 is 1.67 bits per heavy atom. The topological polar surface area (TPSA) is 68.9 Å². The van der Waals surface area contributed by atoms with Crippen molar-refractivity contribution in [3.8, 4) is 0 Å². The predicted octanol–water partition coefficient (Wildman–Crippen LogP) is 4.99. The minimum Gasteiger partial charge on any atom is -0.325 e. The number of nitrogens with one attached hydrogen (secondary N) is 1. The average Bonchev–Trinajstić information content (AvgIpc) is 2.78. The molecule has 0 spiro atoms. The van der Waals surface area contributed by atoms with Crippen LogP contribution in [0.25, 0.3) is 0 Å². The molecule has 0 bridgehead atoms. The average molecular weight is 461 g/mol. The van der Waals surface area contributed by atoms with Crippen LogP contribution < -0.4 is 16.7 Å². The molecule has 0 atom stereocenters. The molecule has 0 radical (unpaired) electrons. The van der Waals surface area contributed by atoms with Gasteiger partial charge in [0.05, 0.1) is 5.56 Å². The lowest BCUT2D eigenvalue weighted by Gasteiger charge is -2.16. The maximum absolute atomic E-state index is 13.2. The molecule has 0 amide bonds. The molecule has 0 aliphatic heterocycles. The van der Waals surface area contributed by atoms with Gasteiger partial charge in [-0.05, 0) is 36.6 Å². The Morgan fingerprint density at radius 1 is 0.909 bits per heavy atom. The Balaban J connectivity index is 1.95. The summed E-state index contributed by atoms with van der Waals surface area (Å²) in [5.74, 6) is -0.0786. The van der Waals surface area contributed by atoms with Crippen molar-refractivity contribution in [3.63, 3.8) is 0 Å². The first-order valence-electron chi connectivity index (χ1n) is 11.0. The highest BCUT2D eigenvalue weighted by Gasteiger charge is 2.30. The van der Waals surface area contributed by atoms with E-state index in [1.807, 2.05) is 30.3 Å². The summed E-state index contributed by atoms with van der Waals surface area (Å²) in [6.07, 6.45) is -0.442. The zero-order valence-electron chi connectivity index (χ0n) is 18.4. The van der Waals surface area contributed by atoms with Crippen molar-refractivity contribution < 1.29 is 13.2 Å². The number of aryl methyl sites for hydroxylation is 1. The van der Waals surface area contributed by atoms with E-state index in [0.29, 0.717) is 12.8 Å². The van der Waals surface area contributed by atoms with Crippen molar-refractivity contribution >= 4 is 11.6 Å². The van der Waals surface area contributed by atoms with E-state index in [1.54, 1.807) is 0 Å². The Hall–Kier alpha value is -3.36. The van der Waals surface area contributed by atoms with Gasteiger partial charge in [0.1, 0.15) is 0 Å². The number of benzene rings is 2. The fourth-order valence-electron chi connectivity index (χ4n) is 3.50. The zero-order valence-corrected chi connectivity index (χ0v) is 18.4. The molecule has 2 aromatic carbocycles. The Bertz CT molecular complexity index is 1170. The molecule has 0 saturated carbocycles. The van der Waals surface area contributed by atoms with Gasteiger partial charge in [-0.1, -0.05) is 62.6 Å². The van der Waals surface area contributed by atoms with Crippen LogP contribution in [0, 0.1) is 0 Å². The van der Waals surface area contributed by atoms with Gasteiger partial charge in [0.25, 0.3) is 0 Å². The van der Waals surface area contributed by atoms with Crippen LogP contribution in [0.1, 0.15) is 43.7 Å². The van der Waals surface area contributed by atoms with Crippen molar-refractivity contribution in [2.45, 2.75) is 58.3 Å². The number of rotatable bonds is 10. The van der Waals surface area contributed by atoms with Crippen molar-refractivity contribution in [2.75, 3.05) is 5.32 Å². The predicted molar refractivity (Wildman–Crippen MR) is 122 cm³/mol. The van der Waals surface area contributed by atoms with Crippen molar-refractivity contribution in [1.82, 2.24) is 14.1 Å². The second-order valence-corrected chi connectivity index (χ2v) is 7.80. The normalized spacial score (nSPS) is 11.5. The molecule has 3 rings (SSSR count). The highest BCUT2D eigenvalue weighted by atomic mass is 19.4. The van der Waals surface area contributed by atoms with Gasteiger partial charge in [-0.2, -0.15) is 18.2 Å². The minimum absolute atomic E-state index is 0.0786. The summed E-state index contributed by atoms with van der Waals surface area (Å²) in [4.78, 5) is 29.8. The van der Waals surface area contributed by atoms with Crippen LogP contribution in [0.3, 0.4) is 0 Å². The van der Waals surface area contributed by atoms with Crippen LogP contribution in [0.5, 0.6) is 0 Å². The van der Waals surface area contributed by atoms with E-state index in [1.165, 1.54) is 16.7 Å². The van der Waals surface area contributed by atoms with E-state index in [9.17, 15) is 22.8 Å². The molecule has 3 aromatic rings. The van der Waals surface area contributed by atoms with Crippen LogP contribution in [-0.2, 0) is 25.7 Å². The first-order chi connectivity index (χ1) is 15.8. The summed E-state index contributed by atoms with van der Waals surface area (Å²) in [7, 11) is 0. The molecule has 0 fully saturated rings. The molecular formula is C24H27F3N4O2. The van der Waals surface area contributed by atoms with E-state index < -0.39 is 23.1 Å². The van der Waals surface area contributed by atoms with E-state index >= 15 is 0 Å². The molecule has 6 nitrogen and oxygen atoms in total. The largest absolute Gasteiger partial charge is 0.416 e. The fraction of sp³-hybridized carbons (Fsp3) is 0.375. The summed E-state index contributed by atoms with van der Waals surface area (Å²) in [5.41, 5.74) is -1.02. The quantitative estimate of drug-likeness (QED) is 0.433. The molecule has 1 heterocycles. The molecule has 0 aliphatic rings. The number of unbranched alkanes of at least 4 members (excludes halogenated alkanes) is 3. The van der Waals surface area contributed by atoms with Crippen LogP contribution in [0.15, 0.2) is 64.2 Å². The molecule has 0 aliphatic carbocycles. The molecule has 1 aromatic heterocycles. The summed E-state index contributed by atoms with van der Waals surface area (Å²) in [6, 6.07) is 14.0. The van der Waals surface area contributed by atoms with Gasteiger partial charge in [-0.3, -0.25) is 4.57 Å². The van der Waals surface area contributed by atoms with Gasteiger partial charge < -0.3 is 5.32 Å². The Morgan fingerprint density at radius 3 is 2.36 bits per heavy atom. The van der Waals surface area contributed by atoms with Gasteiger partial charge in [0.15, 0.2) is 0 Å². The number of hydrogen-bond donors (Lipinski definition) is 1. The van der Waals surface area contributed by atoms with Crippen LogP contribution in [0.2, 0.25) is 0 Å². The van der Waals surface area contributed by atoms with Gasteiger partial charge >= 0.3 is 17.6 Å². The number of aromatic nitrogens is 3. The van der Waals surface area contributed by atoms with Gasteiger partial charge in [-0.25, -0.2) is 14.2 Å². The van der Waals surface area contributed by atoms with Crippen molar-refractivity contribution in [2.24, 2.45) is 0 Å². The summed E-state index contributed by atoms with van der Waals surface area (Å²) >= 11 is 0. The van der Waals surface area contributed by atoms with Crippen LogP contribution in [0.4, 0.5) is 24.8 Å². The standard InChI is InChI=1S/C24H27F3N4O2/c1-2-3-4-8-15-31-22(32)29-21(28-20-13-9-12-19(17-20)24(25,26)27)30(23(31)33)16-14-18-10-6-5-7-11-18/h5-7,9-13,17H,2-4,8,14-16H2,1H3,(H,28,29,32). The third-order valence-electron chi connectivity index (χ3n) is 5.30. The minimum atomic E-state index is -4.51. The van der Waals surface area contributed by atoms with Crippen molar-refractivity contribution in [1.29, 1.82) is 0 Å². The van der Waals surface area contributed by atoms with Crippen molar-refractivity contribution in [3.05, 3.63) is 86.7 Å². The highest BCUT2D eigenvalue weighted by Crippen LogP contribution is 2.31. The van der Waals surface area contributed by atoms with Crippen LogP contribution in [-0.4, -0.2) is 14.1 Å². The molecule has 9 heteroatoms. The number of hydrogen-bond acceptors (Lipinski definition) is 4. The molecule has 1 N–H and O–H groups in total. The zero-order chi connectivity index (χ0) is 23.8. The summed E-state index contributed by atoms with van der Waals surface area (Å²) in [6.45, 7) is 2.53. The van der Waals surface area contributed by atoms with E-state index in [-0.39, 0.29) is 24.7 Å². The van der Waals surface area contributed by atoms with Gasteiger partial charge in [0, 0.05) is 18.8 Å². The Kier molecular flexibility index (Phi) is 8.08. The lowest BCUT2D eigenvalue weighted by Crippen LogP contribution is -2.42.